The van der Waals surface area contributed by atoms with Crippen LogP contribution in [0.5, 0.6) is 0 Å². The molecule has 1 aliphatic carbocycles. The highest BCUT2D eigenvalue weighted by Crippen LogP contribution is 2.58. The zero-order valence-electron chi connectivity index (χ0n) is 13.6. The Hall–Kier alpha value is -1.31. The minimum atomic E-state index is -4.88. The van der Waals surface area contributed by atoms with Gasteiger partial charge in [0, 0.05) is 5.92 Å². The molecule has 1 saturated carbocycles. The van der Waals surface area contributed by atoms with Crippen molar-refractivity contribution in [3.63, 3.8) is 0 Å². The number of nitrogens with one attached hydrogen (secondary N) is 2. The van der Waals surface area contributed by atoms with E-state index < -0.39 is 24.2 Å². The van der Waals surface area contributed by atoms with Crippen molar-refractivity contribution in [1.29, 1.82) is 0 Å². The highest BCUT2D eigenvalue weighted by atomic mass is 35.5. The van der Waals surface area contributed by atoms with Crippen LogP contribution in [0, 0.1) is 11.3 Å². The molecule has 2 aliphatic rings. The molecule has 25 heavy (non-hydrogen) atoms. The van der Waals surface area contributed by atoms with Gasteiger partial charge in [-0.1, -0.05) is 30.3 Å². The monoisotopic (exact) mass is 378 g/mol. The van der Waals surface area contributed by atoms with Gasteiger partial charge in [0.15, 0.2) is 0 Å². The van der Waals surface area contributed by atoms with E-state index in [2.05, 4.69) is 10.6 Å². The average Bonchev–Trinajstić information content (AvgIpc) is 3.26. The summed E-state index contributed by atoms with van der Waals surface area (Å²) in [5.74, 6) is -0.636. The molecule has 1 spiro atoms. The van der Waals surface area contributed by atoms with E-state index in [9.17, 15) is 23.1 Å². The lowest BCUT2D eigenvalue weighted by Gasteiger charge is -2.31. The molecule has 1 aromatic rings. The number of hydrogen-bond donors (Lipinski definition) is 3. The molecular weight excluding hydrogens is 357 g/mol. The van der Waals surface area contributed by atoms with Crippen LogP contribution in [0.2, 0.25) is 0 Å². The Balaban J connectivity index is 0.00000225. The Bertz CT molecular complexity index is 606. The molecule has 140 valence electrons. The third-order valence-electron chi connectivity index (χ3n) is 5.34. The fraction of sp³-hybridized carbons (Fsp3) is 0.588. The zero-order valence-corrected chi connectivity index (χ0v) is 14.4. The standard InChI is InChI=1S/C17H21F3N2O2.ClH/c18-17(19,20)16(24,12-4-2-1-3-5-12)11-22-14(23)13-10-15(13)6-8-21-9-7-15;/h1-5,13,21,24H,6-11H2,(H,22,23);1H. The molecule has 8 heteroatoms. The maximum Gasteiger partial charge on any atom is 0.423 e. The van der Waals surface area contributed by atoms with Crippen molar-refractivity contribution in [2.75, 3.05) is 19.6 Å². The van der Waals surface area contributed by atoms with Gasteiger partial charge in [-0.25, -0.2) is 0 Å². The maximum atomic E-state index is 13.4. The van der Waals surface area contributed by atoms with E-state index in [0.717, 1.165) is 32.4 Å². The van der Waals surface area contributed by atoms with Crippen LogP contribution in [0.4, 0.5) is 13.2 Å². The van der Waals surface area contributed by atoms with Gasteiger partial charge in [-0.05, 0) is 43.3 Å². The molecular formula is C17H22ClF3N2O2. The van der Waals surface area contributed by atoms with Gasteiger partial charge in [-0.3, -0.25) is 4.79 Å². The van der Waals surface area contributed by atoms with Crippen molar-refractivity contribution in [1.82, 2.24) is 10.6 Å². The third-order valence-corrected chi connectivity index (χ3v) is 5.34. The van der Waals surface area contributed by atoms with Crippen LogP contribution in [0.15, 0.2) is 30.3 Å². The van der Waals surface area contributed by atoms with Gasteiger partial charge in [0.05, 0.1) is 6.54 Å². The second-order valence-electron chi connectivity index (χ2n) is 6.81. The summed E-state index contributed by atoms with van der Waals surface area (Å²) in [5, 5.41) is 15.8. The normalized spacial score (nSPS) is 24.1. The minimum absolute atomic E-state index is 0. The van der Waals surface area contributed by atoms with Gasteiger partial charge in [-0.15, -0.1) is 12.4 Å². The van der Waals surface area contributed by atoms with E-state index in [0.29, 0.717) is 0 Å². The van der Waals surface area contributed by atoms with E-state index in [-0.39, 0.29) is 29.3 Å². The second-order valence-corrected chi connectivity index (χ2v) is 6.81. The Kier molecular flexibility index (Phi) is 5.71. The molecule has 3 N–H and O–H groups in total. The molecule has 2 fully saturated rings. The average molecular weight is 379 g/mol. The summed E-state index contributed by atoms with van der Waals surface area (Å²) in [4.78, 5) is 12.3. The molecule has 2 unspecified atom stereocenters. The summed E-state index contributed by atoms with van der Waals surface area (Å²) >= 11 is 0. The number of hydrogen-bond acceptors (Lipinski definition) is 3. The van der Waals surface area contributed by atoms with Crippen LogP contribution in [0.1, 0.15) is 24.8 Å². The molecule has 1 aromatic carbocycles. The molecule has 1 heterocycles. The highest BCUT2D eigenvalue weighted by molar-refractivity contribution is 5.85. The van der Waals surface area contributed by atoms with Gasteiger partial charge in [-0.2, -0.15) is 13.2 Å². The number of alkyl halides is 3. The smallest absolute Gasteiger partial charge is 0.375 e. The van der Waals surface area contributed by atoms with E-state index in [1.165, 1.54) is 24.3 Å². The van der Waals surface area contributed by atoms with Crippen LogP contribution >= 0.6 is 12.4 Å². The van der Waals surface area contributed by atoms with Crippen LogP contribution < -0.4 is 10.6 Å². The number of rotatable bonds is 4. The highest BCUT2D eigenvalue weighted by Gasteiger charge is 2.59. The van der Waals surface area contributed by atoms with Crippen LogP contribution in [-0.4, -0.2) is 36.8 Å². The fourth-order valence-electron chi connectivity index (χ4n) is 3.61. The van der Waals surface area contributed by atoms with E-state index in [1.54, 1.807) is 6.07 Å². The molecule has 1 saturated heterocycles. The van der Waals surface area contributed by atoms with Gasteiger partial charge in [0.2, 0.25) is 11.5 Å². The van der Waals surface area contributed by atoms with Crippen molar-refractivity contribution in [2.45, 2.75) is 31.0 Å². The van der Waals surface area contributed by atoms with Crippen LogP contribution in [0.25, 0.3) is 0 Å². The quantitative estimate of drug-likeness (QED) is 0.753. The first-order valence-electron chi connectivity index (χ1n) is 8.12. The van der Waals surface area contributed by atoms with Gasteiger partial charge in [0.1, 0.15) is 0 Å². The molecule has 0 radical (unpaired) electrons. The lowest BCUT2D eigenvalue weighted by Crippen LogP contribution is -2.51. The van der Waals surface area contributed by atoms with Gasteiger partial charge < -0.3 is 15.7 Å². The summed E-state index contributed by atoms with van der Waals surface area (Å²) in [7, 11) is 0. The van der Waals surface area contributed by atoms with Crippen molar-refractivity contribution >= 4 is 18.3 Å². The van der Waals surface area contributed by atoms with Gasteiger partial charge >= 0.3 is 6.18 Å². The Morgan fingerprint density at radius 1 is 1.24 bits per heavy atom. The molecule has 2 atom stereocenters. The first-order valence-corrected chi connectivity index (χ1v) is 8.12. The van der Waals surface area contributed by atoms with Crippen LogP contribution in [0.3, 0.4) is 0 Å². The third kappa shape index (κ3) is 3.78. The summed E-state index contributed by atoms with van der Waals surface area (Å²) in [6.07, 6.45) is -2.42. The fourth-order valence-corrected chi connectivity index (χ4v) is 3.61. The Morgan fingerprint density at radius 2 is 1.84 bits per heavy atom. The lowest BCUT2D eigenvalue weighted by atomic mass is 9.91. The topological polar surface area (TPSA) is 61.4 Å². The summed E-state index contributed by atoms with van der Waals surface area (Å²) in [6, 6.07) is 6.86. The number of carbonyl (C=O) groups excluding carboxylic acids is 1. The van der Waals surface area contributed by atoms with Gasteiger partial charge in [0.25, 0.3) is 0 Å². The predicted molar refractivity (Wildman–Crippen MR) is 89.3 cm³/mol. The van der Waals surface area contributed by atoms with Crippen molar-refractivity contribution in [3.8, 4) is 0 Å². The van der Waals surface area contributed by atoms with E-state index in [1.807, 2.05) is 0 Å². The van der Waals surface area contributed by atoms with Crippen molar-refractivity contribution < 1.29 is 23.1 Å². The molecule has 0 bridgehead atoms. The first-order chi connectivity index (χ1) is 11.3. The predicted octanol–water partition coefficient (Wildman–Crippen LogP) is 2.36. The SMILES string of the molecule is Cl.O=C(NCC(O)(c1ccccc1)C(F)(F)F)C1CC12CCNCC2. The Morgan fingerprint density at radius 3 is 2.40 bits per heavy atom. The number of amides is 1. The number of piperidine rings is 1. The minimum Gasteiger partial charge on any atom is -0.375 e. The van der Waals surface area contributed by atoms with E-state index in [4.69, 9.17) is 0 Å². The molecule has 4 nitrogen and oxygen atoms in total. The lowest BCUT2D eigenvalue weighted by molar-refractivity contribution is -0.264. The van der Waals surface area contributed by atoms with E-state index >= 15 is 0 Å². The molecule has 3 rings (SSSR count). The summed E-state index contributed by atoms with van der Waals surface area (Å²) in [5.41, 5.74) is -3.41. The maximum absolute atomic E-state index is 13.4. The number of aliphatic hydroxyl groups is 1. The Labute approximate surface area is 150 Å². The molecule has 0 aromatic heterocycles. The van der Waals surface area contributed by atoms with Crippen LogP contribution in [-0.2, 0) is 10.4 Å². The molecule has 1 amide bonds. The van der Waals surface area contributed by atoms with Crippen molar-refractivity contribution in [2.24, 2.45) is 11.3 Å². The first kappa shape index (κ1) is 20.0. The second kappa shape index (κ2) is 7.13. The molecule has 1 aliphatic heterocycles. The number of carbonyl (C=O) groups is 1. The number of halogens is 4. The summed E-state index contributed by atoms with van der Waals surface area (Å²) < 4.78 is 40.2. The zero-order chi connectivity index (χ0) is 17.4. The van der Waals surface area contributed by atoms with Crippen molar-refractivity contribution in [3.05, 3.63) is 35.9 Å². The summed E-state index contributed by atoms with van der Waals surface area (Å²) in [6.45, 7) is 0.796. The number of benzene rings is 1. The largest absolute Gasteiger partial charge is 0.423 e.